The minimum atomic E-state index is -3.02. The van der Waals surface area contributed by atoms with Gasteiger partial charge in [-0.25, -0.2) is 13.2 Å². The zero-order valence-corrected chi connectivity index (χ0v) is 13.4. The lowest BCUT2D eigenvalue weighted by Gasteiger charge is -2.24. The van der Waals surface area contributed by atoms with Crippen LogP contribution in [0.1, 0.15) is 32.6 Å². The average molecular weight is 320 g/mol. The summed E-state index contributed by atoms with van der Waals surface area (Å²) >= 11 is 0. The second kappa shape index (κ2) is 7.11. The molecule has 0 aromatic rings. The van der Waals surface area contributed by atoms with E-state index in [0.717, 1.165) is 12.7 Å². The van der Waals surface area contributed by atoms with Gasteiger partial charge in [-0.05, 0) is 19.3 Å². The molecule has 1 aliphatic heterocycles. The fourth-order valence-corrected chi connectivity index (χ4v) is 3.32. The lowest BCUT2D eigenvalue weighted by molar-refractivity contribution is -0.148. The number of carbonyl (C=O) groups excluding carboxylic acids is 1. The Morgan fingerprint density at radius 3 is 2.57 bits per heavy atom. The number of hydrogen-bond donors (Lipinski definition) is 2. The van der Waals surface area contributed by atoms with Crippen LogP contribution in [0.15, 0.2) is 0 Å². The number of hydrogen-bond acceptors (Lipinski definition) is 4. The number of nitrogens with zero attached hydrogens (tertiary/aromatic N) is 1. The maximum absolute atomic E-state index is 12.0. The third-order valence-electron chi connectivity index (χ3n) is 3.79. The normalized spacial score (nSPS) is 22.3. The molecule has 0 saturated carbocycles. The maximum Gasteiger partial charge on any atom is 0.317 e. The first-order valence-corrected chi connectivity index (χ1v) is 9.20. The van der Waals surface area contributed by atoms with Crippen molar-refractivity contribution in [2.75, 3.05) is 31.6 Å². The van der Waals surface area contributed by atoms with E-state index in [4.69, 9.17) is 0 Å². The summed E-state index contributed by atoms with van der Waals surface area (Å²) in [6.45, 7) is 2.84. The number of urea groups is 1. The lowest BCUT2D eigenvalue weighted by atomic mass is 9.83. The van der Waals surface area contributed by atoms with Crippen LogP contribution >= 0.6 is 0 Å². The molecule has 0 spiro atoms. The first kappa shape index (κ1) is 17.7. The molecular weight excluding hydrogens is 296 g/mol. The van der Waals surface area contributed by atoms with E-state index in [-0.39, 0.29) is 24.9 Å². The largest absolute Gasteiger partial charge is 0.481 e. The van der Waals surface area contributed by atoms with Crippen LogP contribution in [-0.2, 0) is 14.6 Å². The summed E-state index contributed by atoms with van der Waals surface area (Å²) in [5.41, 5.74) is -0.834. The van der Waals surface area contributed by atoms with Crippen LogP contribution in [0.2, 0.25) is 0 Å². The molecule has 1 aliphatic rings. The predicted octanol–water partition coefficient (Wildman–Crippen LogP) is 0.708. The van der Waals surface area contributed by atoms with Gasteiger partial charge >= 0.3 is 12.0 Å². The van der Waals surface area contributed by atoms with Gasteiger partial charge in [0.25, 0.3) is 0 Å². The second-order valence-electron chi connectivity index (χ2n) is 5.72. The monoisotopic (exact) mass is 320 g/mol. The number of amides is 2. The number of likely N-dealkylation sites (tertiary alicyclic amines) is 1. The first-order valence-electron chi connectivity index (χ1n) is 7.14. The number of sulfone groups is 1. The van der Waals surface area contributed by atoms with Crippen molar-refractivity contribution in [1.82, 2.24) is 10.2 Å². The summed E-state index contributed by atoms with van der Waals surface area (Å²) in [5.74, 6) is -0.820. The standard InChI is InChI=1S/C13H24N2O5S/c1-3-5-13(11(16)17)6-8-15(10-13)12(18)14-7-4-9-21(2,19)20/h3-10H2,1-2H3,(H,14,18)(H,16,17). The van der Waals surface area contributed by atoms with Crippen molar-refractivity contribution in [3.8, 4) is 0 Å². The SMILES string of the molecule is CCCC1(C(=O)O)CCN(C(=O)NCCCS(C)(=O)=O)C1. The molecule has 21 heavy (non-hydrogen) atoms. The molecule has 2 amide bonds. The molecule has 8 heteroatoms. The molecule has 7 nitrogen and oxygen atoms in total. The highest BCUT2D eigenvalue weighted by atomic mass is 32.2. The third kappa shape index (κ3) is 5.18. The van der Waals surface area contributed by atoms with Crippen molar-refractivity contribution >= 4 is 21.8 Å². The smallest absolute Gasteiger partial charge is 0.317 e. The van der Waals surface area contributed by atoms with E-state index in [2.05, 4.69) is 5.32 Å². The number of nitrogens with one attached hydrogen (secondary N) is 1. The molecule has 1 rings (SSSR count). The van der Waals surface area contributed by atoms with Crippen LogP contribution in [-0.4, -0.2) is 62.1 Å². The lowest BCUT2D eigenvalue weighted by Crippen LogP contribution is -2.42. The molecule has 0 aromatic heterocycles. The second-order valence-corrected chi connectivity index (χ2v) is 7.98. The molecule has 1 atom stereocenters. The minimum Gasteiger partial charge on any atom is -0.481 e. The molecule has 0 radical (unpaired) electrons. The van der Waals surface area contributed by atoms with Gasteiger partial charge in [-0.2, -0.15) is 0 Å². The zero-order valence-electron chi connectivity index (χ0n) is 12.6. The van der Waals surface area contributed by atoms with E-state index in [0.29, 0.717) is 25.8 Å². The van der Waals surface area contributed by atoms with Crippen LogP contribution < -0.4 is 5.32 Å². The number of carboxylic acids is 1. The Kier molecular flexibility index (Phi) is 6.00. The van der Waals surface area contributed by atoms with Gasteiger partial charge in [0, 0.05) is 25.9 Å². The molecule has 2 N–H and O–H groups in total. The maximum atomic E-state index is 12.0. The van der Waals surface area contributed by atoms with Crippen LogP contribution in [0.25, 0.3) is 0 Å². The predicted molar refractivity (Wildman–Crippen MR) is 78.9 cm³/mol. The quantitative estimate of drug-likeness (QED) is 0.672. The van der Waals surface area contributed by atoms with E-state index in [1.165, 1.54) is 4.90 Å². The fraction of sp³-hybridized carbons (Fsp3) is 0.846. The Bertz CT molecular complexity index is 491. The van der Waals surface area contributed by atoms with Gasteiger partial charge in [-0.1, -0.05) is 13.3 Å². The minimum absolute atomic E-state index is 0.0299. The number of carboxylic acid groups (broad SMARTS) is 1. The van der Waals surface area contributed by atoms with Gasteiger partial charge in [0.2, 0.25) is 0 Å². The summed E-state index contributed by atoms with van der Waals surface area (Å²) < 4.78 is 22.0. The summed E-state index contributed by atoms with van der Waals surface area (Å²) in [5, 5.41) is 12.0. The third-order valence-corrected chi connectivity index (χ3v) is 4.82. The van der Waals surface area contributed by atoms with Crippen LogP contribution in [0.3, 0.4) is 0 Å². The molecule has 0 bridgehead atoms. The van der Waals surface area contributed by atoms with E-state index in [1.54, 1.807) is 0 Å². The zero-order chi connectivity index (χ0) is 16.1. The summed E-state index contributed by atoms with van der Waals surface area (Å²) in [4.78, 5) is 24.9. The van der Waals surface area contributed by atoms with Crippen molar-refractivity contribution in [3.05, 3.63) is 0 Å². The molecule has 0 aromatic carbocycles. The number of rotatable bonds is 7. The van der Waals surface area contributed by atoms with E-state index < -0.39 is 21.2 Å². The average Bonchev–Trinajstić information content (AvgIpc) is 2.79. The molecule has 1 saturated heterocycles. The van der Waals surface area contributed by atoms with E-state index >= 15 is 0 Å². The van der Waals surface area contributed by atoms with Crippen molar-refractivity contribution in [3.63, 3.8) is 0 Å². The van der Waals surface area contributed by atoms with Crippen molar-refractivity contribution in [2.24, 2.45) is 5.41 Å². The van der Waals surface area contributed by atoms with Gasteiger partial charge in [0.15, 0.2) is 0 Å². The van der Waals surface area contributed by atoms with Gasteiger partial charge in [0.1, 0.15) is 9.84 Å². The Morgan fingerprint density at radius 2 is 2.05 bits per heavy atom. The Balaban J connectivity index is 2.45. The van der Waals surface area contributed by atoms with Crippen molar-refractivity contribution in [1.29, 1.82) is 0 Å². The molecule has 1 heterocycles. The highest BCUT2D eigenvalue weighted by Crippen LogP contribution is 2.35. The summed E-state index contributed by atoms with van der Waals surface area (Å²) in [7, 11) is -3.02. The summed E-state index contributed by atoms with van der Waals surface area (Å²) in [6.07, 6.45) is 3.29. The first-order chi connectivity index (χ1) is 9.70. The Labute approximate surface area is 125 Å². The van der Waals surface area contributed by atoms with E-state index in [1.807, 2.05) is 6.92 Å². The highest BCUT2D eigenvalue weighted by Gasteiger charge is 2.45. The van der Waals surface area contributed by atoms with Crippen LogP contribution in [0.4, 0.5) is 4.79 Å². The molecular formula is C13H24N2O5S. The molecule has 1 unspecified atom stereocenters. The number of aliphatic carboxylic acids is 1. The highest BCUT2D eigenvalue weighted by molar-refractivity contribution is 7.90. The summed E-state index contributed by atoms with van der Waals surface area (Å²) in [6, 6.07) is -0.317. The molecule has 1 fully saturated rings. The van der Waals surface area contributed by atoms with Crippen LogP contribution in [0.5, 0.6) is 0 Å². The molecule has 0 aliphatic carbocycles. The molecule has 122 valence electrons. The van der Waals surface area contributed by atoms with Crippen molar-refractivity contribution in [2.45, 2.75) is 32.6 Å². The van der Waals surface area contributed by atoms with Gasteiger partial charge in [0.05, 0.1) is 11.2 Å². The topological polar surface area (TPSA) is 104 Å². The van der Waals surface area contributed by atoms with Gasteiger partial charge < -0.3 is 15.3 Å². The van der Waals surface area contributed by atoms with Gasteiger partial charge in [-0.15, -0.1) is 0 Å². The van der Waals surface area contributed by atoms with Gasteiger partial charge in [-0.3, -0.25) is 4.79 Å². The van der Waals surface area contributed by atoms with Crippen molar-refractivity contribution < 1.29 is 23.1 Å². The fourth-order valence-electron chi connectivity index (χ4n) is 2.65. The van der Waals surface area contributed by atoms with Crippen LogP contribution in [0, 0.1) is 5.41 Å². The van der Waals surface area contributed by atoms with E-state index in [9.17, 15) is 23.1 Å². The Hall–Kier alpha value is -1.31. The Morgan fingerprint density at radius 1 is 1.38 bits per heavy atom. The number of carbonyl (C=O) groups is 2.